The number of sulfonamides is 1. The topological polar surface area (TPSA) is 50.5 Å². The molecule has 0 fully saturated rings. The molecule has 0 saturated heterocycles. The van der Waals surface area contributed by atoms with E-state index < -0.39 is 10.0 Å². The fourth-order valence-electron chi connectivity index (χ4n) is 2.62. The number of aryl methyl sites for hydroxylation is 1. The van der Waals surface area contributed by atoms with E-state index in [9.17, 15) is 8.42 Å². The molecule has 3 rings (SSSR count). The van der Waals surface area contributed by atoms with Crippen LogP contribution in [0.25, 0.3) is 9.33 Å². The van der Waals surface area contributed by atoms with E-state index in [1.165, 1.54) is 12.1 Å². The van der Waals surface area contributed by atoms with Gasteiger partial charge in [0, 0.05) is 4.48 Å². The maximum atomic E-state index is 12.6. The number of hydrogen-bond acceptors (Lipinski definition) is 2. The van der Waals surface area contributed by atoms with E-state index >= 15 is 0 Å². The maximum Gasteiger partial charge on any atom is 0.260 e. The van der Waals surface area contributed by atoms with Gasteiger partial charge in [-0.1, -0.05) is 40.2 Å². The lowest BCUT2D eigenvalue weighted by Crippen LogP contribution is -2.14. The summed E-state index contributed by atoms with van der Waals surface area (Å²) in [6.07, 6.45) is 2.70. The van der Waals surface area contributed by atoms with Gasteiger partial charge in [0.2, 0.25) is 0 Å². The molecule has 0 heterocycles. The van der Waals surface area contributed by atoms with Crippen LogP contribution in [-0.2, 0) is 16.4 Å². The molecule has 1 aliphatic rings. The summed E-state index contributed by atoms with van der Waals surface area (Å²) in [6.45, 7) is 9.01. The van der Waals surface area contributed by atoms with Gasteiger partial charge in [0.05, 0.1) is 17.2 Å². The second-order valence-corrected chi connectivity index (χ2v) is 7.79. The molecular formula is C17H13BrN2O2S. The zero-order chi connectivity index (χ0) is 16.6. The normalized spacial score (nSPS) is 13.2. The van der Waals surface area contributed by atoms with E-state index in [2.05, 4.69) is 25.5 Å². The lowest BCUT2D eigenvalue weighted by atomic mass is 10.0. The molecule has 2 aromatic carbocycles. The zero-order valence-electron chi connectivity index (χ0n) is 12.3. The first-order chi connectivity index (χ1) is 10.9. The van der Waals surface area contributed by atoms with E-state index in [1.54, 1.807) is 18.2 Å². The number of allylic oxidation sites excluding steroid dienone is 1. The summed E-state index contributed by atoms with van der Waals surface area (Å²) in [5.74, 6) is 0. The summed E-state index contributed by atoms with van der Waals surface area (Å²) in [5.41, 5.74) is 3.97. The minimum absolute atomic E-state index is 0.0883. The van der Waals surface area contributed by atoms with Crippen LogP contribution in [0.1, 0.15) is 16.7 Å². The molecule has 0 radical (unpaired) electrons. The van der Waals surface area contributed by atoms with Crippen molar-refractivity contribution in [1.29, 1.82) is 0 Å². The van der Waals surface area contributed by atoms with Gasteiger partial charge in [-0.15, -0.1) is 0 Å². The molecule has 6 heteroatoms. The molecule has 1 N–H and O–H groups in total. The number of anilines is 1. The van der Waals surface area contributed by atoms with Crippen LogP contribution >= 0.6 is 15.9 Å². The molecule has 0 aliphatic heterocycles. The van der Waals surface area contributed by atoms with Crippen LogP contribution in [-0.4, -0.2) is 8.42 Å². The molecule has 1 aliphatic carbocycles. The first kappa shape index (κ1) is 15.8. The SMILES string of the molecule is [C-]#[N+]c1cccc(S(=O)(=O)Nc2ccc(C)c3c2CC=C3Br)c1. The van der Waals surface area contributed by atoms with Crippen molar-refractivity contribution in [1.82, 2.24) is 0 Å². The molecule has 0 saturated carbocycles. The summed E-state index contributed by atoms with van der Waals surface area (Å²) in [7, 11) is -3.73. The van der Waals surface area contributed by atoms with E-state index in [0.717, 1.165) is 21.2 Å². The van der Waals surface area contributed by atoms with Crippen molar-refractivity contribution < 1.29 is 8.42 Å². The van der Waals surface area contributed by atoms with E-state index in [0.29, 0.717) is 17.8 Å². The van der Waals surface area contributed by atoms with Gasteiger partial charge >= 0.3 is 0 Å². The highest BCUT2D eigenvalue weighted by atomic mass is 79.9. The summed E-state index contributed by atoms with van der Waals surface area (Å²) < 4.78 is 28.8. The Morgan fingerprint density at radius 2 is 2.04 bits per heavy atom. The molecule has 0 spiro atoms. The van der Waals surface area contributed by atoms with Crippen molar-refractivity contribution in [3.63, 3.8) is 0 Å². The van der Waals surface area contributed by atoms with E-state index in [-0.39, 0.29) is 4.90 Å². The number of nitrogens with zero attached hydrogens (tertiary/aromatic N) is 1. The predicted molar refractivity (Wildman–Crippen MR) is 95.3 cm³/mol. The summed E-state index contributed by atoms with van der Waals surface area (Å²) in [5, 5.41) is 0. The molecule has 0 atom stereocenters. The third-order valence-electron chi connectivity index (χ3n) is 3.75. The third-order valence-corrected chi connectivity index (χ3v) is 5.83. The number of nitrogens with one attached hydrogen (secondary N) is 1. The Balaban J connectivity index is 2.02. The number of benzene rings is 2. The van der Waals surface area contributed by atoms with Crippen molar-refractivity contribution in [2.45, 2.75) is 18.2 Å². The Bertz CT molecular complexity index is 973. The van der Waals surface area contributed by atoms with Gasteiger partial charge in [0.25, 0.3) is 10.0 Å². The van der Waals surface area contributed by atoms with Gasteiger partial charge in [-0.25, -0.2) is 13.3 Å². The Hall–Kier alpha value is -2.10. The lowest BCUT2D eigenvalue weighted by Gasteiger charge is -2.14. The van der Waals surface area contributed by atoms with Gasteiger partial charge in [-0.3, -0.25) is 4.72 Å². The zero-order valence-corrected chi connectivity index (χ0v) is 14.7. The lowest BCUT2D eigenvalue weighted by molar-refractivity contribution is 0.601. The maximum absolute atomic E-state index is 12.6. The Morgan fingerprint density at radius 1 is 1.26 bits per heavy atom. The summed E-state index contributed by atoms with van der Waals surface area (Å²) in [4.78, 5) is 3.36. The summed E-state index contributed by atoms with van der Waals surface area (Å²) >= 11 is 3.52. The van der Waals surface area contributed by atoms with Gasteiger partial charge in [-0.2, -0.15) is 0 Å². The van der Waals surface area contributed by atoms with Gasteiger partial charge in [0.1, 0.15) is 0 Å². The molecule has 116 valence electrons. The molecule has 0 unspecified atom stereocenters. The number of hydrogen-bond donors (Lipinski definition) is 1. The van der Waals surface area contributed by atoms with Crippen LogP contribution in [0.4, 0.5) is 11.4 Å². The highest BCUT2D eigenvalue weighted by molar-refractivity contribution is 9.15. The molecular weight excluding hydrogens is 376 g/mol. The van der Waals surface area contributed by atoms with Crippen molar-refractivity contribution >= 4 is 41.8 Å². The fourth-order valence-corrected chi connectivity index (χ4v) is 4.47. The van der Waals surface area contributed by atoms with E-state index in [4.69, 9.17) is 6.57 Å². The quantitative estimate of drug-likeness (QED) is 0.778. The van der Waals surface area contributed by atoms with Gasteiger partial charge in [-0.05, 0) is 48.2 Å². The van der Waals surface area contributed by atoms with Crippen molar-refractivity contribution in [3.05, 3.63) is 70.6 Å². The minimum Gasteiger partial charge on any atom is -0.279 e. The average Bonchev–Trinajstić information content (AvgIpc) is 2.93. The van der Waals surface area contributed by atoms with Gasteiger partial charge < -0.3 is 0 Å². The van der Waals surface area contributed by atoms with E-state index in [1.807, 2.05) is 19.1 Å². The molecule has 0 aromatic heterocycles. The fraction of sp³-hybridized carbons (Fsp3) is 0.118. The molecule has 0 amide bonds. The monoisotopic (exact) mass is 388 g/mol. The standard InChI is InChI=1S/C17H13BrN2O2S/c1-11-6-9-16(14-7-8-15(18)17(11)14)20-23(21,22)13-5-3-4-12(10-13)19-2/h3-6,8-10,20H,7H2,1H3. The highest BCUT2D eigenvalue weighted by Gasteiger charge is 2.22. The largest absolute Gasteiger partial charge is 0.279 e. The van der Waals surface area contributed by atoms with Crippen molar-refractivity contribution in [2.75, 3.05) is 4.72 Å². The first-order valence-electron chi connectivity index (χ1n) is 6.91. The third kappa shape index (κ3) is 2.90. The van der Waals surface area contributed by atoms with Crippen LogP contribution < -0.4 is 4.72 Å². The van der Waals surface area contributed by atoms with Crippen LogP contribution in [0, 0.1) is 13.5 Å². The van der Waals surface area contributed by atoms with Crippen molar-refractivity contribution in [3.8, 4) is 0 Å². The van der Waals surface area contributed by atoms with Crippen LogP contribution in [0.3, 0.4) is 0 Å². The smallest absolute Gasteiger partial charge is 0.260 e. The Kier molecular flexibility index (Phi) is 4.00. The van der Waals surface area contributed by atoms with Crippen molar-refractivity contribution in [2.24, 2.45) is 0 Å². The number of fused-ring (bicyclic) bond motifs is 1. The predicted octanol–water partition coefficient (Wildman–Crippen LogP) is 4.64. The van der Waals surface area contributed by atoms with Crippen LogP contribution in [0.5, 0.6) is 0 Å². The second-order valence-electron chi connectivity index (χ2n) is 5.25. The molecule has 2 aromatic rings. The van der Waals surface area contributed by atoms with Crippen LogP contribution in [0.2, 0.25) is 0 Å². The molecule has 4 nitrogen and oxygen atoms in total. The van der Waals surface area contributed by atoms with Crippen LogP contribution in [0.15, 0.2) is 47.4 Å². The number of rotatable bonds is 3. The Morgan fingerprint density at radius 3 is 2.78 bits per heavy atom. The minimum atomic E-state index is -3.73. The Labute approximate surface area is 143 Å². The average molecular weight is 389 g/mol. The van der Waals surface area contributed by atoms with Gasteiger partial charge in [0.15, 0.2) is 5.69 Å². The molecule has 0 bridgehead atoms. The second kappa shape index (κ2) is 5.84. The highest BCUT2D eigenvalue weighted by Crippen LogP contribution is 2.39. The number of halogens is 1. The summed E-state index contributed by atoms with van der Waals surface area (Å²) in [6, 6.07) is 9.68. The first-order valence-corrected chi connectivity index (χ1v) is 9.19. The molecule has 23 heavy (non-hydrogen) atoms.